The number of hydrogen-bond donors (Lipinski definition) is 0. The number of carbonyl (C=O) groups is 1. The van der Waals surface area contributed by atoms with Gasteiger partial charge in [0.1, 0.15) is 5.75 Å². The van der Waals surface area contributed by atoms with Crippen molar-refractivity contribution in [1.29, 1.82) is 0 Å². The van der Waals surface area contributed by atoms with Crippen molar-refractivity contribution < 1.29 is 9.53 Å². The molecule has 0 aliphatic carbocycles. The molecule has 2 rings (SSSR count). The molecule has 0 atom stereocenters. The minimum absolute atomic E-state index is 0.347. The topological polar surface area (TPSA) is 26.3 Å². The minimum atomic E-state index is -0.423. The fourth-order valence-electron chi connectivity index (χ4n) is 2.37. The molecule has 0 N–H and O–H groups in total. The zero-order valence-corrected chi connectivity index (χ0v) is 13.6. The molecule has 0 bridgehead atoms. The smallest absolute Gasteiger partial charge is 0.308 e. The molecule has 0 radical (unpaired) electrons. The molecule has 0 saturated heterocycles. The second-order valence-corrected chi connectivity index (χ2v) is 6.18. The van der Waals surface area contributed by atoms with E-state index in [1.807, 2.05) is 38.1 Å². The number of esters is 1. The molecule has 0 amide bonds. The summed E-state index contributed by atoms with van der Waals surface area (Å²) in [6, 6.07) is 12.9. The van der Waals surface area contributed by atoms with E-state index in [0.717, 1.165) is 11.1 Å². The third kappa shape index (κ3) is 3.39. The van der Waals surface area contributed by atoms with E-state index in [1.165, 1.54) is 6.92 Å². The molecule has 0 aliphatic heterocycles. The van der Waals surface area contributed by atoms with Crippen molar-refractivity contribution in [2.45, 2.75) is 26.2 Å². The number of rotatable bonds is 3. The van der Waals surface area contributed by atoms with Gasteiger partial charge in [-0.3, -0.25) is 4.79 Å². The molecule has 110 valence electrons. The van der Waals surface area contributed by atoms with Gasteiger partial charge < -0.3 is 4.74 Å². The van der Waals surface area contributed by atoms with Crippen molar-refractivity contribution in [3.8, 4) is 5.75 Å². The Balaban J connectivity index is 2.55. The van der Waals surface area contributed by atoms with Crippen LogP contribution in [-0.2, 0) is 10.2 Å². The van der Waals surface area contributed by atoms with Crippen LogP contribution in [0.2, 0.25) is 10.0 Å². The molecular weight excluding hydrogens is 307 g/mol. The van der Waals surface area contributed by atoms with Crippen molar-refractivity contribution in [3.05, 3.63) is 63.6 Å². The van der Waals surface area contributed by atoms with Gasteiger partial charge in [-0.15, -0.1) is 0 Å². The van der Waals surface area contributed by atoms with Gasteiger partial charge >= 0.3 is 5.97 Å². The highest BCUT2D eigenvalue weighted by Gasteiger charge is 2.29. The van der Waals surface area contributed by atoms with Gasteiger partial charge in [0.05, 0.1) is 0 Å². The first-order valence-electron chi connectivity index (χ1n) is 6.56. The standard InChI is InChI=1S/C17H16Cl2O2/c1-11(20)21-16-7-5-4-6-14(16)17(2,3)13-9-8-12(18)10-15(13)19/h4-10H,1-3H3. The molecule has 0 aromatic heterocycles. The number of carbonyl (C=O) groups excluding carboxylic acids is 1. The summed E-state index contributed by atoms with van der Waals surface area (Å²) in [5.74, 6) is 0.196. The summed E-state index contributed by atoms with van der Waals surface area (Å²) in [6.45, 7) is 5.45. The second kappa shape index (κ2) is 6.08. The molecule has 4 heteroatoms. The average Bonchev–Trinajstić information content (AvgIpc) is 2.37. The van der Waals surface area contributed by atoms with E-state index < -0.39 is 5.41 Å². The fraction of sp³-hybridized carbons (Fsp3) is 0.235. The summed E-state index contributed by atoms with van der Waals surface area (Å²) in [4.78, 5) is 11.3. The first-order valence-corrected chi connectivity index (χ1v) is 7.31. The van der Waals surface area contributed by atoms with Gasteiger partial charge in [0, 0.05) is 27.9 Å². The molecule has 0 heterocycles. The molecule has 0 saturated carbocycles. The zero-order chi connectivity index (χ0) is 15.6. The number of halogens is 2. The summed E-state index contributed by atoms with van der Waals surface area (Å²) in [5.41, 5.74) is 1.39. The maximum absolute atomic E-state index is 11.3. The van der Waals surface area contributed by atoms with Gasteiger partial charge in [-0.05, 0) is 23.8 Å². The molecule has 0 aliphatic rings. The van der Waals surface area contributed by atoms with Crippen LogP contribution in [0, 0.1) is 0 Å². The molecule has 0 fully saturated rings. The molecule has 2 nitrogen and oxygen atoms in total. The van der Waals surface area contributed by atoms with Gasteiger partial charge in [0.25, 0.3) is 0 Å². The average molecular weight is 323 g/mol. The van der Waals surface area contributed by atoms with Crippen LogP contribution in [-0.4, -0.2) is 5.97 Å². The summed E-state index contributed by atoms with van der Waals surface area (Å²) in [7, 11) is 0. The fourth-order valence-corrected chi connectivity index (χ4v) is 3.01. The van der Waals surface area contributed by atoms with Gasteiger partial charge in [0.2, 0.25) is 0 Å². The second-order valence-electron chi connectivity index (χ2n) is 5.34. The van der Waals surface area contributed by atoms with Crippen LogP contribution in [0.4, 0.5) is 0 Å². The Morgan fingerprint density at radius 2 is 1.71 bits per heavy atom. The van der Waals surface area contributed by atoms with Crippen LogP contribution in [0.1, 0.15) is 31.9 Å². The number of benzene rings is 2. The lowest BCUT2D eigenvalue weighted by Crippen LogP contribution is -2.21. The van der Waals surface area contributed by atoms with Crippen LogP contribution in [0.15, 0.2) is 42.5 Å². The van der Waals surface area contributed by atoms with Crippen LogP contribution < -0.4 is 4.74 Å². The van der Waals surface area contributed by atoms with E-state index in [9.17, 15) is 4.79 Å². The Hall–Kier alpha value is -1.51. The van der Waals surface area contributed by atoms with Crippen LogP contribution in [0.25, 0.3) is 0 Å². The molecular formula is C17H16Cl2O2. The molecule has 2 aromatic carbocycles. The summed E-state index contributed by atoms with van der Waals surface area (Å²) < 4.78 is 5.31. The number of ether oxygens (including phenoxy) is 1. The predicted octanol–water partition coefficient (Wildman–Crippen LogP) is 5.24. The van der Waals surface area contributed by atoms with Crippen LogP contribution in [0.3, 0.4) is 0 Å². The number of hydrogen-bond acceptors (Lipinski definition) is 2. The lowest BCUT2D eigenvalue weighted by molar-refractivity contribution is -0.131. The Morgan fingerprint density at radius 3 is 2.33 bits per heavy atom. The summed E-state index contributed by atoms with van der Waals surface area (Å²) >= 11 is 12.3. The quantitative estimate of drug-likeness (QED) is 0.570. The highest BCUT2D eigenvalue weighted by molar-refractivity contribution is 6.35. The third-order valence-electron chi connectivity index (χ3n) is 3.42. The Bertz CT molecular complexity index is 678. The molecule has 0 spiro atoms. The molecule has 2 aromatic rings. The summed E-state index contributed by atoms with van der Waals surface area (Å²) in [5, 5.41) is 1.18. The van der Waals surface area contributed by atoms with Crippen molar-refractivity contribution in [2.24, 2.45) is 0 Å². The first kappa shape index (κ1) is 15.9. The van der Waals surface area contributed by atoms with Gasteiger partial charge in [-0.1, -0.05) is 61.3 Å². The largest absolute Gasteiger partial charge is 0.426 e. The maximum atomic E-state index is 11.3. The van der Waals surface area contributed by atoms with Gasteiger partial charge in [-0.25, -0.2) is 0 Å². The lowest BCUT2D eigenvalue weighted by atomic mass is 9.77. The van der Waals surface area contributed by atoms with Crippen LogP contribution in [0.5, 0.6) is 5.75 Å². The predicted molar refractivity (Wildman–Crippen MR) is 86.3 cm³/mol. The van der Waals surface area contributed by atoms with E-state index in [0.29, 0.717) is 15.8 Å². The highest BCUT2D eigenvalue weighted by atomic mass is 35.5. The van der Waals surface area contributed by atoms with Crippen LogP contribution >= 0.6 is 23.2 Å². The van der Waals surface area contributed by atoms with E-state index in [1.54, 1.807) is 18.2 Å². The molecule has 21 heavy (non-hydrogen) atoms. The first-order chi connectivity index (χ1) is 9.82. The van der Waals surface area contributed by atoms with E-state index in [4.69, 9.17) is 27.9 Å². The number of para-hydroxylation sites is 1. The van der Waals surface area contributed by atoms with Crippen molar-refractivity contribution in [3.63, 3.8) is 0 Å². The zero-order valence-electron chi connectivity index (χ0n) is 12.1. The van der Waals surface area contributed by atoms with E-state index in [-0.39, 0.29) is 5.97 Å². The van der Waals surface area contributed by atoms with E-state index >= 15 is 0 Å². The maximum Gasteiger partial charge on any atom is 0.308 e. The molecule has 0 unspecified atom stereocenters. The van der Waals surface area contributed by atoms with Gasteiger partial charge in [0.15, 0.2) is 0 Å². The SMILES string of the molecule is CC(=O)Oc1ccccc1C(C)(C)c1ccc(Cl)cc1Cl. The normalized spacial score (nSPS) is 11.3. The van der Waals surface area contributed by atoms with Gasteiger partial charge in [-0.2, -0.15) is 0 Å². The minimum Gasteiger partial charge on any atom is -0.426 e. The highest BCUT2D eigenvalue weighted by Crippen LogP contribution is 2.40. The van der Waals surface area contributed by atoms with Crippen molar-refractivity contribution in [2.75, 3.05) is 0 Å². The Labute approximate surface area is 134 Å². The van der Waals surface area contributed by atoms with E-state index in [2.05, 4.69) is 0 Å². The monoisotopic (exact) mass is 322 g/mol. The Morgan fingerprint density at radius 1 is 1.05 bits per heavy atom. The third-order valence-corrected chi connectivity index (χ3v) is 3.97. The lowest BCUT2D eigenvalue weighted by Gasteiger charge is -2.28. The van der Waals surface area contributed by atoms with Crippen molar-refractivity contribution in [1.82, 2.24) is 0 Å². The van der Waals surface area contributed by atoms with Crippen molar-refractivity contribution >= 4 is 29.2 Å². The Kier molecular flexibility index (Phi) is 4.60. The summed E-state index contributed by atoms with van der Waals surface area (Å²) in [6.07, 6.45) is 0.